The molecule has 1 aromatic carbocycles. The van der Waals surface area contributed by atoms with Crippen LogP contribution < -0.4 is 10.5 Å². The van der Waals surface area contributed by atoms with E-state index >= 15 is 0 Å². The van der Waals surface area contributed by atoms with Gasteiger partial charge in [0, 0.05) is 18.5 Å². The van der Waals surface area contributed by atoms with Crippen molar-refractivity contribution in [3.8, 4) is 5.75 Å². The Balaban J connectivity index is 1.92. The Morgan fingerprint density at radius 2 is 1.95 bits per heavy atom. The fourth-order valence-corrected chi connectivity index (χ4v) is 2.21. The van der Waals surface area contributed by atoms with Crippen LogP contribution in [-0.2, 0) is 0 Å². The number of rotatable bonds is 2. The Morgan fingerprint density at radius 1 is 1.35 bits per heavy atom. The summed E-state index contributed by atoms with van der Waals surface area (Å²) < 4.78 is 5.28. The minimum atomic E-state index is -0.363. The predicted molar refractivity (Wildman–Crippen MR) is 74.8 cm³/mol. The highest BCUT2D eigenvalue weighted by Crippen LogP contribution is 2.31. The van der Waals surface area contributed by atoms with Gasteiger partial charge in [0.15, 0.2) is 0 Å². The maximum absolute atomic E-state index is 12.0. The number of para-hydroxylation sites is 1. The lowest BCUT2D eigenvalue weighted by molar-refractivity contribution is 0.122. The van der Waals surface area contributed by atoms with Crippen LogP contribution in [0.4, 0.5) is 4.79 Å². The van der Waals surface area contributed by atoms with Crippen LogP contribution >= 0.6 is 0 Å². The van der Waals surface area contributed by atoms with Gasteiger partial charge in [0.25, 0.3) is 0 Å². The van der Waals surface area contributed by atoms with Crippen molar-refractivity contribution < 1.29 is 14.7 Å². The normalized spacial score (nSPS) is 18.6. The van der Waals surface area contributed by atoms with E-state index in [2.05, 4.69) is 5.16 Å². The molecule has 2 rings (SSSR count). The molecular formula is C14H19N3O3. The lowest BCUT2D eigenvalue weighted by Gasteiger charge is -2.37. The van der Waals surface area contributed by atoms with Gasteiger partial charge in [-0.05, 0) is 25.0 Å². The molecule has 0 spiro atoms. The number of nitrogens with zero attached hydrogens (tertiary/aromatic N) is 2. The van der Waals surface area contributed by atoms with Crippen LogP contribution in [0.25, 0.3) is 0 Å². The third-order valence-electron chi connectivity index (χ3n) is 3.80. The molecule has 0 aliphatic carbocycles. The van der Waals surface area contributed by atoms with Gasteiger partial charge in [0.2, 0.25) is 0 Å². The Bertz CT molecular complexity index is 494. The number of hydrogen-bond acceptors (Lipinski definition) is 4. The minimum absolute atomic E-state index is 0.216. The number of piperidine rings is 1. The van der Waals surface area contributed by atoms with Crippen LogP contribution in [-0.4, -0.2) is 35.1 Å². The first-order chi connectivity index (χ1) is 9.55. The van der Waals surface area contributed by atoms with Gasteiger partial charge in [-0.2, -0.15) is 0 Å². The largest absolute Gasteiger partial charge is 0.415 e. The first kappa shape index (κ1) is 14.2. The number of carbonyl (C=O) groups excluding carboxylic acids is 1. The lowest BCUT2D eigenvalue weighted by atomic mass is 9.79. The molecule has 1 aliphatic rings. The first-order valence-corrected chi connectivity index (χ1v) is 6.55. The van der Waals surface area contributed by atoms with Gasteiger partial charge >= 0.3 is 6.09 Å². The van der Waals surface area contributed by atoms with Crippen molar-refractivity contribution in [3.05, 3.63) is 30.3 Å². The van der Waals surface area contributed by atoms with Gasteiger partial charge in [-0.1, -0.05) is 30.3 Å². The molecule has 0 atom stereocenters. The quantitative estimate of drug-likeness (QED) is 0.375. The Labute approximate surface area is 117 Å². The summed E-state index contributed by atoms with van der Waals surface area (Å²) in [5.74, 6) is 0.746. The van der Waals surface area contributed by atoms with Crippen LogP contribution in [0, 0.1) is 5.41 Å². The maximum atomic E-state index is 12.0. The molecule has 1 heterocycles. The van der Waals surface area contributed by atoms with Crippen molar-refractivity contribution in [1.82, 2.24) is 4.90 Å². The standard InChI is InChI=1S/C14H19N3O3/c1-14(12(15)16-19)7-9-17(10-8-14)13(18)20-11-5-3-2-4-6-11/h2-6,19H,7-10H2,1H3,(H2,15,16). The number of oxime groups is 1. The maximum Gasteiger partial charge on any atom is 0.415 e. The molecule has 1 fully saturated rings. The van der Waals surface area contributed by atoms with E-state index in [9.17, 15) is 4.79 Å². The highest BCUT2D eigenvalue weighted by Gasteiger charge is 2.36. The first-order valence-electron chi connectivity index (χ1n) is 6.55. The highest BCUT2D eigenvalue weighted by atomic mass is 16.6. The Morgan fingerprint density at radius 3 is 2.50 bits per heavy atom. The molecule has 20 heavy (non-hydrogen) atoms. The summed E-state index contributed by atoms with van der Waals surface area (Å²) in [6.07, 6.45) is 0.928. The second kappa shape index (κ2) is 5.81. The fraction of sp³-hybridized carbons (Fsp3) is 0.429. The average Bonchev–Trinajstić information content (AvgIpc) is 2.48. The summed E-state index contributed by atoms with van der Waals surface area (Å²) in [6.45, 7) is 2.98. The van der Waals surface area contributed by atoms with E-state index in [-0.39, 0.29) is 17.3 Å². The van der Waals surface area contributed by atoms with Crippen molar-refractivity contribution >= 4 is 11.9 Å². The topological polar surface area (TPSA) is 88.2 Å². The molecule has 1 amide bonds. The number of nitrogens with two attached hydrogens (primary N) is 1. The molecule has 0 saturated carbocycles. The number of likely N-dealkylation sites (tertiary alicyclic amines) is 1. The summed E-state index contributed by atoms with van der Waals surface area (Å²) in [4.78, 5) is 13.6. The number of amides is 1. The smallest absolute Gasteiger partial charge is 0.410 e. The van der Waals surface area contributed by atoms with Crippen LogP contribution in [0.3, 0.4) is 0 Å². The predicted octanol–water partition coefficient (Wildman–Crippen LogP) is 2.03. The van der Waals surface area contributed by atoms with Gasteiger partial charge in [-0.3, -0.25) is 0 Å². The molecule has 108 valence electrons. The second-order valence-corrected chi connectivity index (χ2v) is 5.21. The number of ether oxygens (including phenoxy) is 1. The number of amidine groups is 1. The third kappa shape index (κ3) is 3.01. The highest BCUT2D eigenvalue weighted by molar-refractivity contribution is 5.86. The fourth-order valence-electron chi connectivity index (χ4n) is 2.21. The molecule has 1 aliphatic heterocycles. The third-order valence-corrected chi connectivity index (χ3v) is 3.80. The van der Waals surface area contributed by atoms with Gasteiger partial charge < -0.3 is 20.6 Å². The molecule has 6 heteroatoms. The SMILES string of the molecule is CC1(/C(N)=N/O)CCN(C(=O)Oc2ccccc2)CC1. The van der Waals surface area contributed by atoms with E-state index in [1.54, 1.807) is 17.0 Å². The monoisotopic (exact) mass is 277 g/mol. The molecule has 0 radical (unpaired) electrons. The van der Waals surface area contributed by atoms with Crippen LogP contribution in [0.5, 0.6) is 5.75 Å². The Hall–Kier alpha value is -2.24. The summed E-state index contributed by atoms with van der Waals surface area (Å²) >= 11 is 0. The average molecular weight is 277 g/mol. The molecule has 0 unspecified atom stereocenters. The van der Waals surface area contributed by atoms with E-state index in [0.717, 1.165) is 0 Å². The zero-order chi connectivity index (χ0) is 14.6. The molecule has 3 N–H and O–H groups in total. The van der Waals surface area contributed by atoms with E-state index in [0.29, 0.717) is 31.7 Å². The van der Waals surface area contributed by atoms with E-state index in [1.807, 2.05) is 25.1 Å². The molecule has 1 aromatic rings. The van der Waals surface area contributed by atoms with E-state index in [1.165, 1.54) is 0 Å². The van der Waals surface area contributed by atoms with Crippen molar-refractivity contribution in [2.45, 2.75) is 19.8 Å². The van der Waals surface area contributed by atoms with Crippen LogP contribution in [0.15, 0.2) is 35.5 Å². The summed E-state index contributed by atoms with van der Waals surface area (Å²) in [7, 11) is 0. The molecule has 0 aromatic heterocycles. The molecule has 1 saturated heterocycles. The van der Waals surface area contributed by atoms with Crippen molar-refractivity contribution in [2.75, 3.05) is 13.1 Å². The molecule has 0 bridgehead atoms. The summed E-state index contributed by atoms with van der Waals surface area (Å²) in [5, 5.41) is 11.9. The summed E-state index contributed by atoms with van der Waals surface area (Å²) in [5.41, 5.74) is 5.33. The number of hydrogen-bond donors (Lipinski definition) is 2. The van der Waals surface area contributed by atoms with Gasteiger partial charge in [0.1, 0.15) is 11.6 Å². The van der Waals surface area contributed by atoms with E-state index < -0.39 is 0 Å². The van der Waals surface area contributed by atoms with Crippen LogP contribution in [0.1, 0.15) is 19.8 Å². The lowest BCUT2D eigenvalue weighted by Crippen LogP contribution is -2.48. The van der Waals surface area contributed by atoms with Gasteiger partial charge in [-0.25, -0.2) is 4.79 Å². The van der Waals surface area contributed by atoms with Crippen LogP contribution in [0.2, 0.25) is 0 Å². The number of benzene rings is 1. The van der Waals surface area contributed by atoms with Crippen molar-refractivity contribution in [2.24, 2.45) is 16.3 Å². The minimum Gasteiger partial charge on any atom is -0.410 e. The van der Waals surface area contributed by atoms with Crippen molar-refractivity contribution in [3.63, 3.8) is 0 Å². The van der Waals surface area contributed by atoms with Gasteiger partial charge in [0.05, 0.1) is 0 Å². The van der Waals surface area contributed by atoms with E-state index in [4.69, 9.17) is 15.7 Å². The van der Waals surface area contributed by atoms with Gasteiger partial charge in [-0.15, -0.1) is 0 Å². The molecular weight excluding hydrogens is 258 g/mol. The second-order valence-electron chi connectivity index (χ2n) is 5.21. The zero-order valence-electron chi connectivity index (χ0n) is 11.5. The number of carbonyl (C=O) groups is 1. The van der Waals surface area contributed by atoms with Crippen molar-refractivity contribution in [1.29, 1.82) is 0 Å². The molecule has 6 nitrogen and oxygen atoms in total. The summed E-state index contributed by atoms with van der Waals surface area (Å²) in [6, 6.07) is 8.97. The Kier molecular flexibility index (Phi) is 4.12. The zero-order valence-corrected chi connectivity index (χ0v) is 11.5.